The molecule has 24 heavy (non-hydrogen) atoms. The van der Waals surface area contributed by atoms with Crippen LogP contribution in [0.4, 0.5) is 0 Å². The van der Waals surface area contributed by atoms with E-state index in [4.69, 9.17) is 5.73 Å². The SMILES string of the molecule is CC(C)Cc1ccc([C@H](C)NC(=O)CN2CCC[C@H]2C(N)=O)cc1. The van der Waals surface area contributed by atoms with Gasteiger partial charge in [-0.15, -0.1) is 0 Å². The number of hydrogen-bond donors (Lipinski definition) is 2. The third-order valence-electron chi connectivity index (χ3n) is 4.54. The number of nitrogens with one attached hydrogen (secondary N) is 1. The number of nitrogens with two attached hydrogens (primary N) is 1. The molecule has 5 heteroatoms. The largest absolute Gasteiger partial charge is 0.368 e. The molecule has 2 atom stereocenters. The molecule has 0 aromatic heterocycles. The summed E-state index contributed by atoms with van der Waals surface area (Å²) in [6.45, 7) is 7.36. The van der Waals surface area contributed by atoms with Crippen LogP contribution in [0.5, 0.6) is 0 Å². The summed E-state index contributed by atoms with van der Waals surface area (Å²) in [5, 5.41) is 3.01. The summed E-state index contributed by atoms with van der Waals surface area (Å²) in [5.41, 5.74) is 7.79. The number of benzene rings is 1. The van der Waals surface area contributed by atoms with Crippen molar-refractivity contribution in [3.05, 3.63) is 35.4 Å². The van der Waals surface area contributed by atoms with E-state index in [0.717, 1.165) is 31.4 Å². The minimum atomic E-state index is -0.339. The molecule has 0 aliphatic carbocycles. The lowest BCUT2D eigenvalue weighted by Crippen LogP contribution is -2.45. The van der Waals surface area contributed by atoms with Gasteiger partial charge in [0.25, 0.3) is 0 Å². The lowest BCUT2D eigenvalue weighted by Gasteiger charge is -2.22. The van der Waals surface area contributed by atoms with E-state index < -0.39 is 0 Å². The van der Waals surface area contributed by atoms with Crippen LogP contribution in [0.25, 0.3) is 0 Å². The number of hydrogen-bond acceptors (Lipinski definition) is 3. The van der Waals surface area contributed by atoms with Gasteiger partial charge in [0, 0.05) is 0 Å². The van der Waals surface area contributed by atoms with E-state index in [0.29, 0.717) is 5.92 Å². The van der Waals surface area contributed by atoms with Crippen molar-refractivity contribution < 1.29 is 9.59 Å². The molecule has 0 unspecified atom stereocenters. The highest BCUT2D eigenvalue weighted by Gasteiger charge is 2.30. The van der Waals surface area contributed by atoms with Gasteiger partial charge in [0.1, 0.15) is 0 Å². The topological polar surface area (TPSA) is 75.4 Å². The van der Waals surface area contributed by atoms with Crippen LogP contribution in [0.1, 0.15) is 50.8 Å². The van der Waals surface area contributed by atoms with Crippen molar-refractivity contribution in [2.24, 2.45) is 11.7 Å². The number of likely N-dealkylation sites (tertiary alicyclic amines) is 1. The normalized spacial score (nSPS) is 19.4. The van der Waals surface area contributed by atoms with Crippen molar-refractivity contribution >= 4 is 11.8 Å². The molecule has 0 spiro atoms. The number of nitrogens with zero attached hydrogens (tertiary/aromatic N) is 1. The fraction of sp³-hybridized carbons (Fsp3) is 0.579. The Hall–Kier alpha value is -1.88. The van der Waals surface area contributed by atoms with Crippen LogP contribution in [0.15, 0.2) is 24.3 Å². The van der Waals surface area contributed by atoms with E-state index in [-0.39, 0.29) is 30.4 Å². The second-order valence-corrected chi connectivity index (χ2v) is 7.16. The van der Waals surface area contributed by atoms with Crippen LogP contribution in [-0.2, 0) is 16.0 Å². The second-order valence-electron chi connectivity index (χ2n) is 7.16. The average Bonchev–Trinajstić information content (AvgIpc) is 2.95. The molecule has 1 saturated heterocycles. The van der Waals surface area contributed by atoms with Gasteiger partial charge in [-0.1, -0.05) is 38.1 Å². The highest BCUT2D eigenvalue weighted by Crippen LogP contribution is 2.18. The number of amides is 2. The van der Waals surface area contributed by atoms with Crippen molar-refractivity contribution in [2.75, 3.05) is 13.1 Å². The maximum absolute atomic E-state index is 12.3. The van der Waals surface area contributed by atoms with Crippen molar-refractivity contribution in [1.29, 1.82) is 0 Å². The Bertz CT molecular complexity index is 568. The van der Waals surface area contributed by atoms with Gasteiger partial charge in [-0.05, 0) is 49.8 Å². The molecular formula is C19H29N3O2. The van der Waals surface area contributed by atoms with Gasteiger partial charge in [-0.25, -0.2) is 0 Å². The van der Waals surface area contributed by atoms with Crippen molar-refractivity contribution in [1.82, 2.24) is 10.2 Å². The van der Waals surface area contributed by atoms with Gasteiger partial charge >= 0.3 is 0 Å². The predicted molar refractivity (Wildman–Crippen MR) is 95.3 cm³/mol. The van der Waals surface area contributed by atoms with E-state index in [1.165, 1.54) is 5.56 Å². The molecule has 0 saturated carbocycles. The highest BCUT2D eigenvalue weighted by atomic mass is 16.2. The van der Waals surface area contributed by atoms with Gasteiger partial charge in [0.2, 0.25) is 11.8 Å². The van der Waals surface area contributed by atoms with E-state index in [1.807, 2.05) is 11.8 Å². The van der Waals surface area contributed by atoms with E-state index in [2.05, 4.69) is 43.4 Å². The summed E-state index contributed by atoms with van der Waals surface area (Å²) in [4.78, 5) is 25.5. The van der Waals surface area contributed by atoms with Gasteiger partial charge in [-0.3, -0.25) is 14.5 Å². The Morgan fingerprint density at radius 3 is 2.50 bits per heavy atom. The van der Waals surface area contributed by atoms with E-state index in [9.17, 15) is 9.59 Å². The molecule has 1 aliphatic rings. The summed E-state index contributed by atoms with van der Waals surface area (Å²) >= 11 is 0. The maximum atomic E-state index is 12.3. The smallest absolute Gasteiger partial charge is 0.234 e. The van der Waals surface area contributed by atoms with Crippen molar-refractivity contribution in [3.63, 3.8) is 0 Å². The molecule has 1 aromatic carbocycles. The van der Waals surface area contributed by atoms with Gasteiger partial charge in [0.15, 0.2) is 0 Å². The fourth-order valence-electron chi connectivity index (χ4n) is 3.31. The standard InChI is InChI=1S/C19H29N3O2/c1-13(2)11-15-6-8-16(9-7-15)14(3)21-18(23)12-22-10-4-5-17(22)19(20)24/h6-9,13-14,17H,4-5,10-12H2,1-3H3,(H2,20,24)(H,21,23)/t14-,17-/m0/s1. The van der Waals surface area contributed by atoms with Gasteiger partial charge in [0.05, 0.1) is 18.6 Å². The van der Waals surface area contributed by atoms with Crippen LogP contribution in [0.3, 0.4) is 0 Å². The zero-order valence-corrected chi connectivity index (χ0v) is 14.9. The summed E-state index contributed by atoms with van der Waals surface area (Å²) in [7, 11) is 0. The lowest BCUT2D eigenvalue weighted by molar-refractivity contribution is -0.126. The summed E-state index contributed by atoms with van der Waals surface area (Å²) in [5.74, 6) is 0.225. The molecule has 1 aliphatic heterocycles. The Balaban J connectivity index is 1.88. The van der Waals surface area contributed by atoms with Crippen LogP contribution in [0, 0.1) is 5.92 Å². The quantitative estimate of drug-likeness (QED) is 0.802. The Kier molecular flexibility index (Phi) is 6.37. The van der Waals surface area contributed by atoms with Crippen molar-refractivity contribution in [3.8, 4) is 0 Å². The third kappa shape index (κ3) is 5.06. The zero-order valence-electron chi connectivity index (χ0n) is 14.9. The molecule has 132 valence electrons. The molecule has 1 heterocycles. The molecule has 1 aromatic rings. The van der Waals surface area contributed by atoms with Gasteiger partial charge in [-0.2, -0.15) is 0 Å². The first-order valence-corrected chi connectivity index (χ1v) is 8.78. The van der Waals surface area contributed by atoms with Crippen LogP contribution in [-0.4, -0.2) is 35.8 Å². The third-order valence-corrected chi connectivity index (χ3v) is 4.54. The Morgan fingerprint density at radius 1 is 1.25 bits per heavy atom. The lowest BCUT2D eigenvalue weighted by atomic mass is 10.00. The van der Waals surface area contributed by atoms with Crippen LogP contribution in [0.2, 0.25) is 0 Å². The van der Waals surface area contributed by atoms with E-state index in [1.54, 1.807) is 0 Å². The maximum Gasteiger partial charge on any atom is 0.234 e. The fourth-order valence-corrected chi connectivity index (χ4v) is 3.31. The zero-order chi connectivity index (χ0) is 17.7. The molecule has 3 N–H and O–H groups in total. The molecule has 0 bridgehead atoms. The van der Waals surface area contributed by atoms with Crippen LogP contribution >= 0.6 is 0 Å². The monoisotopic (exact) mass is 331 g/mol. The van der Waals surface area contributed by atoms with Crippen LogP contribution < -0.4 is 11.1 Å². The van der Waals surface area contributed by atoms with Crippen molar-refractivity contribution in [2.45, 2.75) is 52.1 Å². The molecule has 2 amide bonds. The molecule has 0 radical (unpaired) electrons. The molecule has 1 fully saturated rings. The minimum Gasteiger partial charge on any atom is -0.368 e. The Labute approximate surface area is 144 Å². The second kappa shape index (κ2) is 8.29. The highest BCUT2D eigenvalue weighted by molar-refractivity contribution is 5.83. The Morgan fingerprint density at radius 2 is 1.92 bits per heavy atom. The van der Waals surface area contributed by atoms with E-state index >= 15 is 0 Å². The average molecular weight is 331 g/mol. The summed E-state index contributed by atoms with van der Waals surface area (Å²) in [6, 6.07) is 8.04. The number of rotatable bonds is 7. The summed E-state index contributed by atoms with van der Waals surface area (Å²) in [6.07, 6.45) is 2.72. The first kappa shape index (κ1) is 18.5. The number of carbonyl (C=O) groups excluding carboxylic acids is 2. The first-order chi connectivity index (χ1) is 11.4. The molecular weight excluding hydrogens is 302 g/mol. The molecule has 2 rings (SSSR count). The first-order valence-electron chi connectivity index (χ1n) is 8.78. The minimum absolute atomic E-state index is 0.0553. The molecule has 5 nitrogen and oxygen atoms in total. The predicted octanol–water partition coefficient (Wildman–Crippen LogP) is 2.01. The number of primary amides is 1. The number of carbonyl (C=O) groups is 2. The summed E-state index contributed by atoms with van der Waals surface area (Å²) < 4.78 is 0. The van der Waals surface area contributed by atoms with Gasteiger partial charge < -0.3 is 11.1 Å².